The molecule has 1 saturated heterocycles. The lowest BCUT2D eigenvalue weighted by molar-refractivity contribution is 0.122. The van der Waals surface area contributed by atoms with E-state index in [1.807, 2.05) is 65.2 Å². The van der Waals surface area contributed by atoms with E-state index in [9.17, 15) is 0 Å². The number of H-pyrrole nitrogens is 1. The second kappa shape index (κ2) is 8.36. The predicted molar refractivity (Wildman–Crippen MR) is 127 cm³/mol. The van der Waals surface area contributed by atoms with Crippen LogP contribution >= 0.6 is 0 Å². The zero-order chi connectivity index (χ0) is 22.0. The number of aromatic amines is 1. The van der Waals surface area contributed by atoms with Crippen LogP contribution in [0.5, 0.6) is 0 Å². The third-order valence-electron chi connectivity index (χ3n) is 5.64. The normalized spacial score (nSPS) is 14.0. The van der Waals surface area contributed by atoms with Crippen molar-refractivity contribution in [3.05, 3.63) is 73.1 Å². The largest absolute Gasteiger partial charge is 0.378 e. The number of rotatable bonds is 5. The number of nitrogens with zero attached hydrogens (tertiary/aromatic N) is 6. The summed E-state index contributed by atoms with van der Waals surface area (Å²) in [6, 6.07) is 20.0. The maximum absolute atomic E-state index is 5.55. The molecular formula is C24H22N8O. The van der Waals surface area contributed by atoms with Gasteiger partial charge in [0.15, 0.2) is 11.5 Å². The van der Waals surface area contributed by atoms with Crippen molar-refractivity contribution in [1.82, 2.24) is 29.8 Å². The van der Waals surface area contributed by atoms with Gasteiger partial charge in [0.25, 0.3) is 0 Å². The molecule has 0 atom stereocenters. The Morgan fingerprint density at radius 3 is 2.52 bits per heavy atom. The lowest BCUT2D eigenvalue weighted by atomic mass is 10.2. The molecule has 1 aliphatic heterocycles. The molecule has 0 bridgehead atoms. The third-order valence-corrected chi connectivity index (χ3v) is 5.64. The molecule has 9 nitrogen and oxygen atoms in total. The molecule has 6 rings (SSSR count). The summed E-state index contributed by atoms with van der Waals surface area (Å²) in [5.74, 6) is 2.37. The maximum Gasteiger partial charge on any atom is 0.160 e. The number of anilines is 3. The van der Waals surface area contributed by atoms with Gasteiger partial charge in [0.2, 0.25) is 0 Å². The van der Waals surface area contributed by atoms with E-state index in [1.165, 1.54) is 0 Å². The van der Waals surface area contributed by atoms with E-state index >= 15 is 0 Å². The SMILES string of the molecule is c1ccc(-c2cc(Nc3cc(N4CCOCC4)n4nc(-c5ccncc5)cc4n3)n[nH]2)cc1. The van der Waals surface area contributed by atoms with Crippen LogP contribution < -0.4 is 10.2 Å². The molecule has 2 N–H and O–H groups in total. The van der Waals surface area contributed by atoms with Crippen LogP contribution in [0.1, 0.15) is 0 Å². The van der Waals surface area contributed by atoms with Crippen LogP contribution in [-0.4, -0.2) is 56.1 Å². The van der Waals surface area contributed by atoms with E-state index in [0.717, 1.165) is 47.1 Å². The Balaban J connectivity index is 1.38. The van der Waals surface area contributed by atoms with E-state index in [2.05, 4.69) is 25.4 Å². The highest BCUT2D eigenvalue weighted by Gasteiger charge is 2.19. The summed E-state index contributed by atoms with van der Waals surface area (Å²) >= 11 is 0. The zero-order valence-corrected chi connectivity index (χ0v) is 17.8. The molecule has 4 aromatic heterocycles. The van der Waals surface area contributed by atoms with E-state index in [1.54, 1.807) is 12.4 Å². The second-order valence-electron chi connectivity index (χ2n) is 7.79. The number of benzene rings is 1. The zero-order valence-electron chi connectivity index (χ0n) is 17.8. The summed E-state index contributed by atoms with van der Waals surface area (Å²) in [5, 5.41) is 15.7. The van der Waals surface area contributed by atoms with Crippen LogP contribution in [0, 0.1) is 0 Å². The predicted octanol–water partition coefficient (Wildman–Crippen LogP) is 3.76. The number of ether oxygens (including phenoxy) is 1. The van der Waals surface area contributed by atoms with E-state index in [0.29, 0.717) is 24.8 Å². The van der Waals surface area contributed by atoms with Gasteiger partial charge in [0.1, 0.15) is 11.6 Å². The molecule has 0 radical (unpaired) electrons. The highest BCUT2D eigenvalue weighted by molar-refractivity contribution is 5.70. The number of pyridine rings is 1. The summed E-state index contributed by atoms with van der Waals surface area (Å²) in [5.41, 5.74) is 4.62. The summed E-state index contributed by atoms with van der Waals surface area (Å²) < 4.78 is 7.45. The molecule has 0 amide bonds. The molecule has 1 aromatic carbocycles. The summed E-state index contributed by atoms with van der Waals surface area (Å²) in [7, 11) is 0. The molecule has 164 valence electrons. The van der Waals surface area contributed by atoms with Gasteiger partial charge in [-0.05, 0) is 17.7 Å². The summed E-state index contributed by atoms with van der Waals surface area (Å²) in [6.07, 6.45) is 3.54. The number of fused-ring (bicyclic) bond motifs is 1. The standard InChI is InChI=1S/C24H22N8O/c1-2-4-17(5-3-1)19-14-22(29-28-19)26-21-16-24(31-10-12-33-13-11-31)32-23(27-21)15-20(30-32)18-6-8-25-9-7-18/h1-9,14-16H,10-13H2,(H2,26,27,28,29). The van der Waals surface area contributed by atoms with Crippen molar-refractivity contribution in [1.29, 1.82) is 0 Å². The summed E-state index contributed by atoms with van der Waals surface area (Å²) in [4.78, 5) is 11.2. The highest BCUT2D eigenvalue weighted by Crippen LogP contribution is 2.27. The molecule has 33 heavy (non-hydrogen) atoms. The Morgan fingerprint density at radius 2 is 1.70 bits per heavy atom. The monoisotopic (exact) mass is 438 g/mol. The molecule has 5 aromatic rings. The second-order valence-corrected chi connectivity index (χ2v) is 7.79. The van der Waals surface area contributed by atoms with Gasteiger partial charge >= 0.3 is 0 Å². The van der Waals surface area contributed by atoms with Gasteiger partial charge in [-0.3, -0.25) is 10.1 Å². The van der Waals surface area contributed by atoms with Gasteiger partial charge in [-0.15, -0.1) is 0 Å². The van der Waals surface area contributed by atoms with Crippen molar-refractivity contribution >= 4 is 23.1 Å². The minimum absolute atomic E-state index is 0.685. The number of hydrogen-bond donors (Lipinski definition) is 2. The highest BCUT2D eigenvalue weighted by atomic mass is 16.5. The van der Waals surface area contributed by atoms with Crippen LogP contribution in [0.3, 0.4) is 0 Å². The number of nitrogens with one attached hydrogen (secondary N) is 2. The summed E-state index contributed by atoms with van der Waals surface area (Å²) in [6.45, 7) is 2.96. The minimum atomic E-state index is 0.685. The van der Waals surface area contributed by atoms with Crippen LogP contribution in [-0.2, 0) is 4.74 Å². The average Bonchev–Trinajstić information content (AvgIpc) is 3.53. The molecule has 5 heterocycles. The molecule has 0 spiro atoms. The molecule has 0 aliphatic carbocycles. The Hall–Kier alpha value is -4.24. The number of hydrogen-bond acceptors (Lipinski definition) is 7. The smallest absolute Gasteiger partial charge is 0.160 e. The fraction of sp³-hybridized carbons (Fsp3) is 0.167. The Labute approximate surface area is 190 Å². The molecular weight excluding hydrogens is 416 g/mol. The van der Waals surface area contributed by atoms with E-state index in [-0.39, 0.29) is 0 Å². The van der Waals surface area contributed by atoms with E-state index < -0.39 is 0 Å². The fourth-order valence-electron chi connectivity index (χ4n) is 3.99. The van der Waals surface area contributed by atoms with Crippen molar-refractivity contribution in [2.45, 2.75) is 0 Å². The van der Waals surface area contributed by atoms with Gasteiger partial charge < -0.3 is 15.0 Å². The molecule has 9 heteroatoms. The first-order valence-corrected chi connectivity index (χ1v) is 10.9. The maximum atomic E-state index is 5.55. The first-order valence-electron chi connectivity index (χ1n) is 10.9. The van der Waals surface area contributed by atoms with Gasteiger partial charge in [0, 0.05) is 49.2 Å². The fourth-order valence-corrected chi connectivity index (χ4v) is 3.99. The molecule has 0 unspecified atom stereocenters. The third kappa shape index (κ3) is 3.90. The van der Waals surface area contributed by atoms with E-state index in [4.69, 9.17) is 14.8 Å². The van der Waals surface area contributed by atoms with Crippen molar-refractivity contribution in [2.24, 2.45) is 0 Å². The Kier molecular flexibility index (Phi) is 4.93. The van der Waals surface area contributed by atoms with Gasteiger partial charge in [-0.25, -0.2) is 4.98 Å². The lowest BCUT2D eigenvalue weighted by Crippen LogP contribution is -2.37. The van der Waals surface area contributed by atoms with Crippen molar-refractivity contribution in [2.75, 3.05) is 36.5 Å². The van der Waals surface area contributed by atoms with Crippen molar-refractivity contribution in [3.63, 3.8) is 0 Å². The minimum Gasteiger partial charge on any atom is -0.378 e. The Morgan fingerprint density at radius 1 is 0.879 bits per heavy atom. The Bertz CT molecular complexity index is 1370. The lowest BCUT2D eigenvalue weighted by Gasteiger charge is -2.29. The quantitative estimate of drug-likeness (QED) is 0.431. The van der Waals surface area contributed by atoms with Gasteiger partial charge in [-0.1, -0.05) is 30.3 Å². The van der Waals surface area contributed by atoms with Crippen LogP contribution in [0.4, 0.5) is 17.5 Å². The molecule has 0 saturated carbocycles. The van der Waals surface area contributed by atoms with Crippen LogP contribution in [0.15, 0.2) is 73.1 Å². The average molecular weight is 438 g/mol. The van der Waals surface area contributed by atoms with Crippen molar-refractivity contribution in [3.8, 4) is 22.5 Å². The first kappa shape index (κ1) is 19.4. The van der Waals surface area contributed by atoms with Gasteiger partial charge in [0.05, 0.1) is 24.6 Å². The molecule has 1 fully saturated rings. The molecule has 1 aliphatic rings. The topological polar surface area (TPSA) is 96.3 Å². The first-order chi connectivity index (χ1) is 16.3. The van der Waals surface area contributed by atoms with Gasteiger partial charge in [-0.2, -0.15) is 14.7 Å². The van der Waals surface area contributed by atoms with Crippen LogP contribution in [0.25, 0.3) is 28.2 Å². The number of morpholine rings is 1. The number of aromatic nitrogens is 6. The van der Waals surface area contributed by atoms with Crippen molar-refractivity contribution < 1.29 is 4.74 Å². The van der Waals surface area contributed by atoms with Crippen LogP contribution in [0.2, 0.25) is 0 Å².